The number of hydrogen-bond acceptors (Lipinski definition) is 2. The van der Waals surface area contributed by atoms with Crippen molar-refractivity contribution in [2.24, 2.45) is 0 Å². The Bertz CT molecular complexity index is 424. The van der Waals surface area contributed by atoms with Crippen LogP contribution in [0.1, 0.15) is 13.3 Å². The second kappa shape index (κ2) is 5.04. The highest BCUT2D eigenvalue weighted by atomic mass is 31.2. The van der Waals surface area contributed by atoms with E-state index in [9.17, 15) is 4.57 Å². The molecule has 1 atom stereocenters. The molecular formula is C10H13N2O2P. The minimum absolute atomic E-state index is 0.177. The summed E-state index contributed by atoms with van der Waals surface area (Å²) in [6.45, 7) is 1.77. The fraction of sp³-hybridized carbons (Fsp3) is 0.300. The average Bonchev–Trinajstić information content (AvgIpc) is 2.31. The summed E-state index contributed by atoms with van der Waals surface area (Å²) in [6.07, 6.45) is 0.385. The highest BCUT2D eigenvalue weighted by molar-refractivity contribution is 7.82. The molecule has 0 aliphatic carbocycles. The zero-order chi connectivity index (χ0) is 11.3. The number of rotatable bonds is 4. The van der Waals surface area contributed by atoms with Gasteiger partial charge >= 0.3 is 12.8 Å². The van der Waals surface area contributed by atoms with E-state index in [2.05, 4.69) is 4.79 Å². The van der Waals surface area contributed by atoms with Gasteiger partial charge < -0.3 is 10.1 Å². The van der Waals surface area contributed by atoms with Crippen LogP contribution in [0.25, 0.3) is 5.53 Å². The van der Waals surface area contributed by atoms with Crippen LogP contribution in [-0.4, -0.2) is 17.4 Å². The number of nitrogens with zero attached hydrogens (tertiary/aromatic N) is 2. The first-order chi connectivity index (χ1) is 7.19. The minimum Gasteiger partial charge on any atom is -0.361 e. The first-order valence-electron chi connectivity index (χ1n) is 4.62. The van der Waals surface area contributed by atoms with E-state index in [0.717, 1.165) is 0 Å². The molecule has 0 heterocycles. The van der Waals surface area contributed by atoms with E-state index in [0.29, 0.717) is 11.7 Å². The van der Waals surface area contributed by atoms with Crippen LogP contribution in [-0.2, 0) is 9.09 Å². The van der Waals surface area contributed by atoms with Crippen molar-refractivity contribution in [3.63, 3.8) is 0 Å². The molecule has 0 amide bonds. The summed E-state index contributed by atoms with van der Waals surface area (Å²) in [7, 11) is -1.81. The Hall–Kier alpha value is -1.21. The predicted octanol–water partition coefficient (Wildman–Crippen LogP) is 2.27. The lowest BCUT2D eigenvalue weighted by molar-refractivity contribution is -0.00399. The molecule has 5 heteroatoms. The SMILES string of the molecule is CCC(=[N+]=[N-])P(=O)(OC)c1ccccc1. The third kappa shape index (κ3) is 2.24. The van der Waals surface area contributed by atoms with Crippen molar-refractivity contribution in [1.29, 1.82) is 0 Å². The van der Waals surface area contributed by atoms with E-state index in [1.807, 2.05) is 6.07 Å². The Balaban J connectivity index is 3.29. The molecule has 0 saturated carbocycles. The van der Waals surface area contributed by atoms with Crippen molar-refractivity contribution in [1.82, 2.24) is 0 Å². The van der Waals surface area contributed by atoms with Gasteiger partial charge in [0.2, 0.25) is 0 Å². The summed E-state index contributed by atoms with van der Waals surface area (Å²) in [5, 5.41) is 0.544. The lowest BCUT2D eigenvalue weighted by Crippen LogP contribution is -2.14. The van der Waals surface area contributed by atoms with Crippen molar-refractivity contribution < 1.29 is 13.9 Å². The Morgan fingerprint density at radius 3 is 2.47 bits per heavy atom. The second-order valence-electron chi connectivity index (χ2n) is 2.94. The van der Waals surface area contributed by atoms with Crippen LogP contribution < -0.4 is 5.30 Å². The summed E-state index contributed by atoms with van der Waals surface area (Å²) in [6, 6.07) is 8.76. The number of benzene rings is 1. The first-order valence-corrected chi connectivity index (χ1v) is 6.24. The van der Waals surface area contributed by atoms with Crippen molar-refractivity contribution in [2.45, 2.75) is 13.3 Å². The normalized spacial score (nSPS) is 14.0. The van der Waals surface area contributed by atoms with Crippen LogP contribution in [0.2, 0.25) is 0 Å². The molecule has 1 unspecified atom stereocenters. The maximum Gasteiger partial charge on any atom is 0.354 e. The minimum atomic E-state index is -3.16. The van der Waals surface area contributed by atoms with Gasteiger partial charge in [-0.05, 0) is 12.1 Å². The average molecular weight is 224 g/mol. The molecular weight excluding hydrogens is 211 g/mol. The molecule has 4 nitrogen and oxygen atoms in total. The van der Waals surface area contributed by atoms with E-state index in [4.69, 9.17) is 10.1 Å². The van der Waals surface area contributed by atoms with Gasteiger partial charge in [0.25, 0.3) is 0 Å². The van der Waals surface area contributed by atoms with Crippen LogP contribution in [0.4, 0.5) is 0 Å². The largest absolute Gasteiger partial charge is 0.361 e. The van der Waals surface area contributed by atoms with Gasteiger partial charge in [0.05, 0.1) is 6.42 Å². The Morgan fingerprint density at radius 1 is 1.47 bits per heavy atom. The maximum atomic E-state index is 12.4. The highest BCUT2D eigenvalue weighted by Gasteiger charge is 2.37. The second-order valence-corrected chi connectivity index (χ2v) is 5.44. The van der Waals surface area contributed by atoms with Crippen molar-refractivity contribution >= 4 is 18.1 Å². The fourth-order valence-electron chi connectivity index (χ4n) is 1.32. The van der Waals surface area contributed by atoms with Crippen LogP contribution in [0.3, 0.4) is 0 Å². The van der Waals surface area contributed by atoms with Gasteiger partial charge in [0.15, 0.2) is 0 Å². The predicted molar refractivity (Wildman–Crippen MR) is 59.6 cm³/mol. The highest BCUT2D eigenvalue weighted by Crippen LogP contribution is 2.46. The third-order valence-corrected chi connectivity index (χ3v) is 4.70. The van der Waals surface area contributed by atoms with E-state index in [-0.39, 0.29) is 5.45 Å². The van der Waals surface area contributed by atoms with E-state index >= 15 is 0 Å². The van der Waals surface area contributed by atoms with Gasteiger partial charge in [-0.3, -0.25) is 4.57 Å². The quantitative estimate of drug-likeness (QED) is 0.341. The Morgan fingerprint density at radius 2 is 2.07 bits per heavy atom. The molecule has 0 N–H and O–H groups in total. The van der Waals surface area contributed by atoms with Gasteiger partial charge in [-0.25, -0.2) is 0 Å². The summed E-state index contributed by atoms with van der Waals surface area (Å²) < 4.78 is 17.5. The molecule has 1 aromatic carbocycles. The van der Waals surface area contributed by atoms with Gasteiger partial charge in [-0.15, -0.1) is 0 Å². The molecule has 0 aromatic heterocycles. The maximum absolute atomic E-state index is 12.4. The van der Waals surface area contributed by atoms with Crippen molar-refractivity contribution in [3.8, 4) is 0 Å². The fourth-order valence-corrected chi connectivity index (χ4v) is 3.14. The lowest BCUT2D eigenvalue weighted by atomic mass is 10.4. The molecule has 0 saturated heterocycles. The van der Waals surface area contributed by atoms with E-state index in [1.165, 1.54) is 7.11 Å². The zero-order valence-electron chi connectivity index (χ0n) is 8.75. The van der Waals surface area contributed by atoms with Gasteiger partial charge in [-0.2, -0.15) is 4.79 Å². The third-order valence-electron chi connectivity index (χ3n) is 2.12. The molecule has 0 aliphatic rings. The lowest BCUT2D eigenvalue weighted by Gasteiger charge is -2.10. The zero-order valence-corrected chi connectivity index (χ0v) is 9.65. The Kier molecular flexibility index (Phi) is 3.98. The summed E-state index contributed by atoms with van der Waals surface area (Å²) in [5.41, 5.74) is 8.97. The summed E-state index contributed by atoms with van der Waals surface area (Å²) in [5.74, 6) is 0. The molecule has 0 bridgehead atoms. The van der Waals surface area contributed by atoms with Crippen LogP contribution in [0.5, 0.6) is 0 Å². The molecule has 1 rings (SSSR count). The van der Waals surface area contributed by atoms with Crippen molar-refractivity contribution in [2.75, 3.05) is 7.11 Å². The Labute approximate surface area is 89.0 Å². The topological polar surface area (TPSA) is 62.7 Å². The molecule has 0 spiro atoms. The van der Waals surface area contributed by atoms with Gasteiger partial charge in [0, 0.05) is 12.4 Å². The van der Waals surface area contributed by atoms with Crippen molar-refractivity contribution in [3.05, 3.63) is 35.9 Å². The first kappa shape index (κ1) is 11.9. The standard InChI is InChI=1S/C10H13N2O2P/c1-3-10(12-11)15(13,14-2)9-7-5-4-6-8-9/h4-8H,3H2,1-2H3. The molecule has 1 aromatic rings. The molecule has 0 fully saturated rings. The monoisotopic (exact) mass is 224 g/mol. The van der Waals surface area contributed by atoms with E-state index < -0.39 is 7.37 Å². The van der Waals surface area contributed by atoms with E-state index in [1.54, 1.807) is 31.2 Å². The van der Waals surface area contributed by atoms with Gasteiger partial charge in [0.1, 0.15) is 0 Å². The molecule has 80 valence electrons. The molecule has 0 aliphatic heterocycles. The van der Waals surface area contributed by atoms with Gasteiger partial charge in [-0.1, -0.05) is 25.1 Å². The van der Waals surface area contributed by atoms with Crippen LogP contribution >= 0.6 is 7.37 Å². The van der Waals surface area contributed by atoms with Crippen LogP contribution in [0.15, 0.2) is 30.3 Å². The molecule has 15 heavy (non-hydrogen) atoms. The smallest absolute Gasteiger partial charge is 0.354 e. The van der Waals surface area contributed by atoms with Crippen LogP contribution in [0, 0.1) is 0 Å². The summed E-state index contributed by atoms with van der Waals surface area (Å²) in [4.78, 5) is 3.05. The summed E-state index contributed by atoms with van der Waals surface area (Å²) >= 11 is 0. The molecule has 0 radical (unpaired) electrons. The number of hydrogen-bond donors (Lipinski definition) is 0.